The maximum atomic E-state index is 11.6. The van der Waals surface area contributed by atoms with E-state index in [1.165, 1.54) is 6.92 Å². The zero-order valence-electron chi connectivity index (χ0n) is 15.4. The number of thioether (sulfide) groups is 1. The molecule has 5 heteroatoms. The van der Waals surface area contributed by atoms with Crippen molar-refractivity contribution in [2.45, 2.75) is 26.5 Å². The average Bonchev–Trinajstić information content (AvgIpc) is 2.62. The molecular weight excluding hydrogens is 348 g/mol. The number of Topliss-reactive ketones (excluding diaryl/α,β-unsaturated/α-hetero) is 2. The highest BCUT2D eigenvalue weighted by Crippen LogP contribution is 2.25. The summed E-state index contributed by atoms with van der Waals surface area (Å²) in [6.45, 7) is 6.13. The number of carbonyl (C=O) groups is 2. The molecule has 0 aliphatic heterocycles. The molecule has 0 aromatic heterocycles. The van der Waals surface area contributed by atoms with Crippen molar-refractivity contribution in [1.82, 2.24) is 0 Å². The molecular formula is C21H24O4S. The zero-order valence-corrected chi connectivity index (χ0v) is 16.2. The Balaban J connectivity index is 1.91. The minimum atomic E-state index is -0.00402. The first kappa shape index (κ1) is 20.0. The van der Waals surface area contributed by atoms with Crippen LogP contribution in [0.4, 0.5) is 0 Å². The number of hydrogen-bond acceptors (Lipinski definition) is 5. The summed E-state index contributed by atoms with van der Waals surface area (Å²) in [5.41, 5.74) is 2.30. The van der Waals surface area contributed by atoms with Gasteiger partial charge < -0.3 is 9.47 Å². The van der Waals surface area contributed by atoms with Gasteiger partial charge in [0.05, 0.1) is 18.8 Å². The summed E-state index contributed by atoms with van der Waals surface area (Å²) in [4.78, 5) is 23.2. The second kappa shape index (κ2) is 10.0. The third-order valence-corrected chi connectivity index (χ3v) is 4.75. The van der Waals surface area contributed by atoms with Crippen LogP contribution in [0, 0.1) is 0 Å². The van der Waals surface area contributed by atoms with E-state index in [0.717, 1.165) is 22.8 Å². The third kappa shape index (κ3) is 5.63. The van der Waals surface area contributed by atoms with Crippen molar-refractivity contribution in [3.63, 3.8) is 0 Å². The molecule has 138 valence electrons. The van der Waals surface area contributed by atoms with E-state index < -0.39 is 0 Å². The van der Waals surface area contributed by atoms with Gasteiger partial charge in [0.15, 0.2) is 11.6 Å². The fourth-order valence-electron chi connectivity index (χ4n) is 2.48. The van der Waals surface area contributed by atoms with Gasteiger partial charge in [-0.1, -0.05) is 12.1 Å². The predicted octanol–water partition coefficient (Wildman–Crippen LogP) is 4.80. The Bertz CT molecular complexity index is 770. The van der Waals surface area contributed by atoms with Crippen molar-refractivity contribution < 1.29 is 19.1 Å². The molecule has 0 aliphatic rings. The van der Waals surface area contributed by atoms with Crippen LogP contribution in [0.2, 0.25) is 0 Å². The molecule has 0 saturated carbocycles. The number of benzene rings is 2. The second-order valence-electron chi connectivity index (χ2n) is 5.77. The largest absolute Gasteiger partial charge is 0.494 e. The molecule has 2 aromatic carbocycles. The van der Waals surface area contributed by atoms with Gasteiger partial charge >= 0.3 is 0 Å². The van der Waals surface area contributed by atoms with Gasteiger partial charge in [-0.15, -0.1) is 0 Å². The lowest BCUT2D eigenvalue weighted by atomic mass is 10.1. The van der Waals surface area contributed by atoms with E-state index in [0.29, 0.717) is 30.1 Å². The summed E-state index contributed by atoms with van der Waals surface area (Å²) in [7, 11) is 0. The van der Waals surface area contributed by atoms with Crippen molar-refractivity contribution in [1.29, 1.82) is 0 Å². The molecule has 2 aromatic rings. The first-order valence-corrected chi connectivity index (χ1v) is 9.75. The molecule has 0 fully saturated rings. The molecule has 0 radical (unpaired) electrons. The molecule has 0 unspecified atom stereocenters. The fourth-order valence-corrected chi connectivity index (χ4v) is 3.27. The van der Waals surface area contributed by atoms with Gasteiger partial charge in [-0.2, -0.15) is 11.8 Å². The molecule has 26 heavy (non-hydrogen) atoms. The Hall–Kier alpha value is -2.27. The second-order valence-corrected chi connectivity index (χ2v) is 6.87. The lowest BCUT2D eigenvalue weighted by Gasteiger charge is -2.12. The summed E-state index contributed by atoms with van der Waals surface area (Å²) in [5.74, 6) is 2.97. The highest BCUT2D eigenvalue weighted by atomic mass is 32.2. The van der Waals surface area contributed by atoms with Crippen molar-refractivity contribution in [2.75, 3.05) is 19.0 Å². The quantitative estimate of drug-likeness (QED) is 0.443. The van der Waals surface area contributed by atoms with Gasteiger partial charge in [-0.05, 0) is 51.1 Å². The minimum absolute atomic E-state index is 0.00402. The monoisotopic (exact) mass is 372 g/mol. The van der Waals surface area contributed by atoms with Gasteiger partial charge in [0.1, 0.15) is 11.5 Å². The number of rotatable bonds is 10. The van der Waals surface area contributed by atoms with E-state index in [9.17, 15) is 9.59 Å². The van der Waals surface area contributed by atoms with E-state index in [-0.39, 0.29) is 11.6 Å². The topological polar surface area (TPSA) is 52.6 Å². The van der Waals surface area contributed by atoms with Crippen LogP contribution in [0.25, 0.3) is 0 Å². The molecule has 0 bridgehead atoms. The summed E-state index contributed by atoms with van der Waals surface area (Å²) in [5, 5.41) is 0. The van der Waals surface area contributed by atoms with E-state index in [2.05, 4.69) is 0 Å². The normalized spacial score (nSPS) is 10.4. The number of ether oxygens (including phenoxy) is 2. The van der Waals surface area contributed by atoms with Crippen molar-refractivity contribution >= 4 is 23.3 Å². The van der Waals surface area contributed by atoms with E-state index in [1.54, 1.807) is 30.8 Å². The summed E-state index contributed by atoms with van der Waals surface area (Å²) in [6, 6.07) is 12.8. The molecule has 0 atom stereocenters. The van der Waals surface area contributed by atoms with Crippen molar-refractivity contribution in [3.05, 3.63) is 59.2 Å². The van der Waals surface area contributed by atoms with E-state index in [4.69, 9.17) is 9.47 Å². The zero-order chi connectivity index (χ0) is 18.9. The van der Waals surface area contributed by atoms with E-state index in [1.807, 2.05) is 37.3 Å². The van der Waals surface area contributed by atoms with Crippen LogP contribution in [0.1, 0.15) is 47.1 Å². The van der Waals surface area contributed by atoms with E-state index >= 15 is 0 Å². The molecule has 2 rings (SSSR count). The summed E-state index contributed by atoms with van der Waals surface area (Å²) < 4.78 is 11.4. The van der Waals surface area contributed by atoms with Crippen LogP contribution in [0.5, 0.6) is 11.5 Å². The van der Waals surface area contributed by atoms with Crippen molar-refractivity contribution in [3.8, 4) is 11.5 Å². The number of carbonyl (C=O) groups excluding carboxylic acids is 2. The van der Waals surface area contributed by atoms with Crippen LogP contribution >= 0.6 is 11.8 Å². The standard InChI is InChI=1S/C21H24O4S/c1-4-24-20-10-9-17(15(2)22)13-18(20)14-26-12-11-25-21-8-6-5-7-19(21)16(3)23/h5-10,13H,4,11-12,14H2,1-3H3. The maximum Gasteiger partial charge on any atom is 0.163 e. The summed E-state index contributed by atoms with van der Waals surface area (Å²) in [6.07, 6.45) is 0. The number of para-hydroxylation sites is 1. The van der Waals surface area contributed by atoms with Crippen LogP contribution in [0.3, 0.4) is 0 Å². The van der Waals surface area contributed by atoms with Gasteiger partial charge in [-0.3, -0.25) is 9.59 Å². The van der Waals surface area contributed by atoms with Crippen LogP contribution < -0.4 is 9.47 Å². The smallest absolute Gasteiger partial charge is 0.163 e. The molecule has 0 spiro atoms. The Morgan fingerprint density at radius 1 is 0.962 bits per heavy atom. The lowest BCUT2D eigenvalue weighted by molar-refractivity contribution is 0.100. The third-order valence-electron chi connectivity index (χ3n) is 3.78. The number of ketones is 2. The maximum absolute atomic E-state index is 11.6. The lowest BCUT2D eigenvalue weighted by Crippen LogP contribution is -2.05. The first-order chi connectivity index (χ1) is 12.5. The van der Waals surface area contributed by atoms with Gasteiger partial charge in [-0.25, -0.2) is 0 Å². The molecule has 4 nitrogen and oxygen atoms in total. The summed E-state index contributed by atoms with van der Waals surface area (Å²) >= 11 is 1.70. The Labute approximate surface area is 158 Å². The first-order valence-electron chi connectivity index (χ1n) is 8.60. The number of hydrogen-bond donors (Lipinski definition) is 0. The fraction of sp³-hybridized carbons (Fsp3) is 0.333. The molecule has 0 saturated heterocycles. The highest BCUT2D eigenvalue weighted by Gasteiger charge is 2.09. The highest BCUT2D eigenvalue weighted by molar-refractivity contribution is 7.98. The molecule has 0 aliphatic carbocycles. The van der Waals surface area contributed by atoms with Crippen LogP contribution in [-0.2, 0) is 5.75 Å². The average molecular weight is 372 g/mol. The van der Waals surface area contributed by atoms with Gasteiger partial charge in [0, 0.05) is 22.6 Å². The van der Waals surface area contributed by atoms with Gasteiger partial charge in [0.25, 0.3) is 0 Å². The minimum Gasteiger partial charge on any atom is -0.494 e. The Morgan fingerprint density at radius 3 is 2.42 bits per heavy atom. The Kier molecular flexibility index (Phi) is 7.73. The molecule has 0 amide bonds. The predicted molar refractivity (Wildman–Crippen MR) is 106 cm³/mol. The van der Waals surface area contributed by atoms with Crippen molar-refractivity contribution in [2.24, 2.45) is 0 Å². The van der Waals surface area contributed by atoms with Crippen LogP contribution in [-0.4, -0.2) is 30.5 Å². The molecule has 0 heterocycles. The SMILES string of the molecule is CCOc1ccc(C(C)=O)cc1CSCCOc1ccccc1C(C)=O. The van der Waals surface area contributed by atoms with Gasteiger partial charge in [0.2, 0.25) is 0 Å². The van der Waals surface area contributed by atoms with Crippen LogP contribution in [0.15, 0.2) is 42.5 Å². The molecule has 0 N–H and O–H groups in total. The Morgan fingerprint density at radius 2 is 1.73 bits per heavy atom.